The molecule has 5 heteroatoms. The molecule has 0 saturated carbocycles. The van der Waals surface area contributed by atoms with Crippen LogP contribution in [0, 0.1) is 0 Å². The molecule has 1 aliphatic heterocycles. The van der Waals surface area contributed by atoms with Gasteiger partial charge in [0.2, 0.25) is 0 Å². The number of carbonyl (C=O) groups is 2. The number of hydrogen-bond donors (Lipinski definition) is 1. The molecule has 0 radical (unpaired) electrons. The summed E-state index contributed by atoms with van der Waals surface area (Å²) in [5.74, 6) is -0.00457. The molecule has 2 heterocycles. The fourth-order valence-corrected chi connectivity index (χ4v) is 4.38. The van der Waals surface area contributed by atoms with Crippen LogP contribution in [0.25, 0.3) is 16.5 Å². The summed E-state index contributed by atoms with van der Waals surface area (Å²) in [6, 6.07) is 25.4. The summed E-state index contributed by atoms with van der Waals surface area (Å²) in [5.41, 5.74) is 2.42. The van der Waals surface area contributed by atoms with Crippen LogP contribution in [0.1, 0.15) is 33.6 Å². The van der Waals surface area contributed by atoms with Gasteiger partial charge >= 0.3 is 0 Å². The Morgan fingerprint density at radius 2 is 1.47 bits per heavy atom. The minimum Gasteiger partial charge on any atom is -0.349 e. The molecule has 2 amide bonds. The first kappa shape index (κ1) is 20.1. The van der Waals surface area contributed by atoms with Crippen molar-refractivity contribution in [3.63, 3.8) is 0 Å². The number of nitrogens with one attached hydrogen (secondary N) is 1. The van der Waals surface area contributed by atoms with Gasteiger partial charge in [0.1, 0.15) is 0 Å². The van der Waals surface area contributed by atoms with Crippen molar-refractivity contribution in [3.05, 3.63) is 102 Å². The maximum atomic E-state index is 12.9. The molecular weight excluding hydrogens is 398 g/mol. The lowest BCUT2D eigenvalue weighted by atomic mass is 10.0. The first-order valence-electron chi connectivity index (χ1n) is 11.0. The summed E-state index contributed by atoms with van der Waals surface area (Å²) < 4.78 is 2.01. The molecule has 1 aromatic heterocycles. The lowest BCUT2D eigenvalue weighted by molar-refractivity contribution is 0.0698. The second-order valence-corrected chi connectivity index (χ2v) is 8.20. The number of fused-ring (bicyclic) bond motifs is 1. The van der Waals surface area contributed by atoms with E-state index in [0.717, 1.165) is 29.3 Å². The summed E-state index contributed by atoms with van der Waals surface area (Å²) in [6.45, 7) is 1.28. The average Bonchev–Trinajstić information content (AvgIpc) is 3.39. The summed E-state index contributed by atoms with van der Waals surface area (Å²) >= 11 is 0. The van der Waals surface area contributed by atoms with Crippen molar-refractivity contribution in [2.24, 2.45) is 0 Å². The van der Waals surface area contributed by atoms with Crippen molar-refractivity contribution in [2.45, 2.75) is 18.9 Å². The first-order valence-corrected chi connectivity index (χ1v) is 11.0. The van der Waals surface area contributed by atoms with E-state index in [9.17, 15) is 9.59 Å². The third-order valence-electron chi connectivity index (χ3n) is 6.17. The van der Waals surface area contributed by atoms with Crippen LogP contribution in [-0.2, 0) is 0 Å². The quantitative estimate of drug-likeness (QED) is 0.519. The second kappa shape index (κ2) is 8.71. The molecule has 0 unspecified atom stereocenters. The van der Waals surface area contributed by atoms with Crippen LogP contribution in [-0.4, -0.2) is 40.4 Å². The number of aromatic nitrogens is 1. The molecule has 3 aromatic carbocycles. The van der Waals surface area contributed by atoms with Gasteiger partial charge < -0.3 is 14.8 Å². The van der Waals surface area contributed by atoms with E-state index in [1.807, 2.05) is 101 Å². The Labute approximate surface area is 187 Å². The fourth-order valence-electron chi connectivity index (χ4n) is 4.38. The fraction of sp³-hybridized carbons (Fsp3) is 0.185. The van der Waals surface area contributed by atoms with Crippen LogP contribution in [0.3, 0.4) is 0 Å². The number of benzene rings is 3. The van der Waals surface area contributed by atoms with E-state index in [-0.39, 0.29) is 17.9 Å². The summed E-state index contributed by atoms with van der Waals surface area (Å²) in [6.07, 6.45) is 5.47. The predicted octanol–water partition coefficient (Wildman–Crippen LogP) is 4.67. The molecule has 5 nitrogen and oxygen atoms in total. The largest absolute Gasteiger partial charge is 0.349 e. The Bertz CT molecular complexity index is 1230. The number of carbonyl (C=O) groups excluding carboxylic acids is 2. The van der Waals surface area contributed by atoms with Crippen molar-refractivity contribution < 1.29 is 9.59 Å². The number of rotatable bonds is 4. The Hall–Kier alpha value is -3.86. The number of amides is 2. The number of hydrogen-bond acceptors (Lipinski definition) is 2. The summed E-state index contributed by atoms with van der Waals surface area (Å²) in [4.78, 5) is 27.7. The molecule has 0 bridgehead atoms. The standard InChI is InChI=1S/C27H25N3O2/c31-26(25-9-5-7-20-6-1-2-8-24(20)25)28-22-14-18-30(19-15-22)27(32)21-10-12-23(13-11-21)29-16-3-4-17-29/h1-13,16-17,22H,14-15,18-19H2,(H,28,31). The Morgan fingerprint density at radius 1 is 0.781 bits per heavy atom. The smallest absolute Gasteiger partial charge is 0.253 e. The van der Waals surface area contributed by atoms with Crippen molar-refractivity contribution in [2.75, 3.05) is 13.1 Å². The zero-order valence-corrected chi connectivity index (χ0v) is 17.8. The molecule has 32 heavy (non-hydrogen) atoms. The molecule has 1 aliphatic rings. The van der Waals surface area contributed by atoms with Crippen molar-refractivity contribution in [1.29, 1.82) is 0 Å². The van der Waals surface area contributed by atoms with Gasteiger partial charge in [-0.2, -0.15) is 0 Å². The Kier molecular flexibility index (Phi) is 5.46. The second-order valence-electron chi connectivity index (χ2n) is 8.20. The third-order valence-corrected chi connectivity index (χ3v) is 6.17. The van der Waals surface area contributed by atoms with E-state index < -0.39 is 0 Å². The van der Waals surface area contributed by atoms with Gasteiger partial charge in [-0.3, -0.25) is 9.59 Å². The molecule has 1 saturated heterocycles. The van der Waals surface area contributed by atoms with Gasteiger partial charge in [-0.25, -0.2) is 0 Å². The molecule has 160 valence electrons. The lowest BCUT2D eigenvalue weighted by Gasteiger charge is -2.32. The van der Waals surface area contributed by atoms with E-state index >= 15 is 0 Å². The van der Waals surface area contributed by atoms with Crippen LogP contribution in [0.4, 0.5) is 0 Å². The van der Waals surface area contributed by atoms with Gasteiger partial charge in [0.25, 0.3) is 11.8 Å². The normalized spacial score (nSPS) is 14.4. The molecule has 1 fully saturated rings. The van der Waals surface area contributed by atoms with Gasteiger partial charge in [-0.05, 0) is 66.1 Å². The highest BCUT2D eigenvalue weighted by atomic mass is 16.2. The van der Waals surface area contributed by atoms with E-state index in [0.29, 0.717) is 24.2 Å². The van der Waals surface area contributed by atoms with Gasteiger partial charge in [-0.1, -0.05) is 36.4 Å². The van der Waals surface area contributed by atoms with Crippen LogP contribution in [0.2, 0.25) is 0 Å². The highest BCUT2D eigenvalue weighted by Gasteiger charge is 2.25. The zero-order chi connectivity index (χ0) is 21.9. The van der Waals surface area contributed by atoms with E-state index in [1.165, 1.54) is 0 Å². The number of piperidine rings is 1. The minimum absolute atomic E-state index is 0.0443. The van der Waals surface area contributed by atoms with E-state index in [4.69, 9.17) is 0 Å². The average molecular weight is 424 g/mol. The Balaban J connectivity index is 1.19. The minimum atomic E-state index is -0.0489. The van der Waals surface area contributed by atoms with Crippen molar-refractivity contribution in [3.8, 4) is 5.69 Å². The predicted molar refractivity (Wildman–Crippen MR) is 126 cm³/mol. The molecule has 1 N–H and O–H groups in total. The SMILES string of the molecule is O=C(NC1CCN(C(=O)c2ccc(-n3cccc3)cc2)CC1)c1cccc2ccccc12. The highest BCUT2D eigenvalue weighted by Crippen LogP contribution is 2.20. The molecule has 0 aliphatic carbocycles. The lowest BCUT2D eigenvalue weighted by Crippen LogP contribution is -2.46. The monoisotopic (exact) mass is 423 g/mol. The Morgan fingerprint density at radius 3 is 2.22 bits per heavy atom. The van der Waals surface area contributed by atoms with Crippen molar-refractivity contribution >= 4 is 22.6 Å². The van der Waals surface area contributed by atoms with Gasteiger partial charge in [0.15, 0.2) is 0 Å². The first-order chi connectivity index (χ1) is 15.7. The highest BCUT2D eigenvalue weighted by molar-refractivity contribution is 6.07. The zero-order valence-electron chi connectivity index (χ0n) is 17.8. The summed E-state index contributed by atoms with van der Waals surface area (Å²) in [5, 5.41) is 5.19. The molecule has 5 rings (SSSR count). The number of likely N-dealkylation sites (tertiary alicyclic amines) is 1. The molecular formula is C27H25N3O2. The van der Waals surface area contributed by atoms with Crippen LogP contribution < -0.4 is 5.32 Å². The van der Waals surface area contributed by atoms with Gasteiger partial charge in [0.05, 0.1) is 0 Å². The van der Waals surface area contributed by atoms with Crippen LogP contribution in [0.5, 0.6) is 0 Å². The third kappa shape index (κ3) is 4.02. The van der Waals surface area contributed by atoms with Crippen LogP contribution >= 0.6 is 0 Å². The van der Waals surface area contributed by atoms with E-state index in [1.54, 1.807) is 0 Å². The summed E-state index contributed by atoms with van der Waals surface area (Å²) in [7, 11) is 0. The van der Waals surface area contributed by atoms with Crippen LogP contribution in [0.15, 0.2) is 91.3 Å². The van der Waals surface area contributed by atoms with E-state index in [2.05, 4.69) is 5.32 Å². The van der Waals surface area contributed by atoms with Gasteiger partial charge in [0, 0.05) is 48.3 Å². The molecule has 0 spiro atoms. The van der Waals surface area contributed by atoms with Crippen molar-refractivity contribution in [1.82, 2.24) is 14.8 Å². The number of nitrogens with zero attached hydrogens (tertiary/aromatic N) is 2. The molecule has 0 atom stereocenters. The molecule has 4 aromatic rings. The maximum absolute atomic E-state index is 12.9. The topological polar surface area (TPSA) is 54.3 Å². The van der Waals surface area contributed by atoms with Gasteiger partial charge in [-0.15, -0.1) is 0 Å². The maximum Gasteiger partial charge on any atom is 0.253 e.